The van der Waals surface area contributed by atoms with Crippen molar-refractivity contribution in [1.82, 2.24) is 9.97 Å². The molecular formula is C14H10ClIN2O2S. The van der Waals surface area contributed by atoms with E-state index in [4.69, 9.17) is 11.6 Å². The molecule has 0 aliphatic carbocycles. The predicted octanol–water partition coefficient (Wildman–Crippen LogP) is 3.89. The maximum Gasteiger partial charge on any atom is 0.177 e. The van der Waals surface area contributed by atoms with Gasteiger partial charge in [0.25, 0.3) is 0 Å². The Hall–Kier alpha value is -1.12. The zero-order valence-electron chi connectivity index (χ0n) is 10.9. The van der Waals surface area contributed by atoms with Crippen LogP contribution in [0.1, 0.15) is 0 Å². The van der Waals surface area contributed by atoms with Gasteiger partial charge in [0.05, 0.1) is 15.4 Å². The number of aromatic nitrogens is 2. The van der Waals surface area contributed by atoms with Gasteiger partial charge in [0.2, 0.25) is 0 Å². The second-order valence-corrected chi connectivity index (χ2v) is 8.19. The lowest BCUT2D eigenvalue weighted by molar-refractivity contribution is 0.602. The van der Waals surface area contributed by atoms with E-state index in [1.807, 2.05) is 12.1 Å². The third-order valence-corrected chi connectivity index (χ3v) is 5.77. The summed E-state index contributed by atoms with van der Waals surface area (Å²) in [4.78, 5) is 7.78. The molecule has 3 rings (SSSR count). The Balaban J connectivity index is 2.24. The van der Waals surface area contributed by atoms with E-state index in [2.05, 4.69) is 32.6 Å². The Morgan fingerprint density at radius 1 is 1.24 bits per heavy atom. The normalized spacial score (nSPS) is 12.0. The molecule has 0 spiro atoms. The summed E-state index contributed by atoms with van der Waals surface area (Å²) in [6, 6.07) is 10.6. The third kappa shape index (κ3) is 2.79. The van der Waals surface area contributed by atoms with Crippen LogP contribution in [0, 0.1) is 3.57 Å². The monoisotopic (exact) mass is 432 g/mol. The number of fused-ring (bicyclic) bond motifs is 1. The van der Waals surface area contributed by atoms with Crippen molar-refractivity contribution in [3.63, 3.8) is 0 Å². The average molecular weight is 433 g/mol. The summed E-state index contributed by atoms with van der Waals surface area (Å²) in [6.07, 6.45) is 1.18. The van der Waals surface area contributed by atoms with Crippen LogP contribution in [0.2, 0.25) is 5.02 Å². The molecule has 0 saturated carbocycles. The number of sulfone groups is 1. The number of benzene rings is 2. The number of hydrogen-bond acceptors (Lipinski definition) is 3. The molecule has 21 heavy (non-hydrogen) atoms. The van der Waals surface area contributed by atoms with Gasteiger partial charge in [0.15, 0.2) is 9.84 Å². The zero-order valence-corrected chi connectivity index (χ0v) is 14.6. The van der Waals surface area contributed by atoms with Crippen LogP contribution < -0.4 is 0 Å². The minimum Gasteiger partial charge on any atom is -0.338 e. The van der Waals surface area contributed by atoms with E-state index in [1.165, 1.54) is 6.26 Å². The fourth-order valence-corrected chi connectivity index (χ4v) is 3.43. The van der Waals surface area contributed by atoms with Crippen molar-refractivity contribution in [2.75, 3.05) is 6.26 Å². The van der Waals surface area contributed by atoms with Gasteiger partial charge in [-0.1, -0.05) is 23.7 Å². The SMILES string of the molecule is CS(=O)(=O)c1cccc2[nH]c(-c3ccc(I)c(Cl)c3)nc12. The summed E-state index contributed by atoms with van der Waals surface area (Å²) in [5, 5.41) is 0.636. The molecule has 0 amide bonds. The minimum atomic E-state index is -3.32. The summed E-state index contributed by atoms with van der Waals surface area (Å²) in [5.41, 5.74) is 1.95. The second kappa shape index (κ2) is 5.26. The van der Waals surface area contributed by atoms with Crippen LogP contribution in [-0.2, 0) is 9.84 Å². The van der Waals surface area contributed by atoms with E-state index in [1.54, 1.807) is 24.3 Å². The largest absolute Gasteiger partial charge is 0.338 e. The number of imidazole rings is 1. The van der Waals surface area contributed by atoms with E-state index < -0.39 is 9.84 Å². The Morgan fingerprint density at radius 3 is 2.67 bits per heavy atom. The van der Waals surface area contributed by atoms with Crippen LogP contribution in [-0.4, -0.2) is 24.6 Å². The summed E-state index contributed by atoms with van der Waals surface area (Å²) in [7, 11) is -3.32. The van der Waals surface area contributed by atoms with E-state index in [-0.39, 0.29) is 4.90 Å². The summed E-state index contributed by atoms with van der Waals surface area (Å²) in [5.74, 6) is 0.597. The molecule has 1 heterocycles. The van der Waals surface area contributed by atoms with Gasteiger partial charge in [-0.2, -0.15) is 0 Å². The highest BCUT2D eigenvalue weighted by molar-refractivity contribution is 14.1. The lowest BCUT2D eigenvalue weighted by atomic mass is 10.2. The fraction of sp³-hybridized carbons (Fsp3) is 0.0714. The van der Waals surface area contributed by atoms with Gasteiger partial charge in [-0.15, -0.1) is 0 Å². The highest BCUT2D eigenvalue weighted by Crippen LogP contribution is 2.28. The highest BCUT2D eigenvalue weighted by atomic mass is 127. The zero-order chi connectivity index (χ0) is 15.2. The van der Waals surface area contributed by atoms with E-state index in [9.17, 15) is 8.42 Å². The number of nitrogens with zero attached hydrogens (tertiary/aromatic N) is 1. The Bertz CT molecular complexity index is 951. The molecule has 0 fully saturated rings. The molecule has 0 saturated heterocycles. The van der Waals surface area contributed by atoms with Gasteiger partial charge in [-0.3, -0.25) is 0 Å². The van der Waals surface area contributed by atoms with Crippen LogP contribution >= 0.6 is 34.2 Å². The number of rotatable bonds is 2. The maximum absolute atomic E-state index is 11.8. The molecule has 0 aliphatic rings. The summed E-state index contributed by atoms with van der Waals surface area (Å²) < 4.78 is 24.6. The number of H-pyrrole nitrogens is 1. The first kappa shape index (κ1) is 14.8. The molecule has 0 atom stereocenters. The van der Waals surface area contributed by atoms with Crippen LogP contribution in [0.15, 0.2) is 41.3 Å². The van der Waals surface area contributed by atoms with E-state index in [0.29, 0.717) is 21.9 Å². The van der Waals surface area contributed by atoms with Crippen molar-refractivity contribution >= 4 is 55.1 Å². The average Bonchev–Trinajstić information content (AvgIpc) is 2.84. The number of hydrogen-bond donors (Lipinski definition) is 1. The summed E-state index contributed by atoms with van der Waals surface area (Å²) >= 11 is 8.27. The van der Waals surface area contributed by atoms with Crippen molar-refractivity contribution in [1.29, 1.82) is 0 Å². The molecule has 108 valence electrons. The first-order valence-corrected chi connectivity index (χ1v) is 9.35. The van der Waals surface area contributed by atoms with Crippen molar-refractivity contribution < 1.29 is 8.42 Å². The van der Waals surface area contributed by atoms with Crippen LogP contribution in [0.3, 0.4) is 0 Å². The second-order valence-electron chi connectivity index (χ2n) is 4.64. The summed E-state index contributed by atoms with van der Waals surface area (Å²) in [6.45, 7) is 0. The number of para-hydroxylation sites is 1. The molecule has 4 nitrogen and oxygen atoms in total. The molecule has 0 unspecified atom stereocenters. The molecule has 7 heteroatoms. The van der Waals surface area contributed by atoms with Gasteiger partial charge in [0.1, 0.15) is 11.3 Å². The Kier molecular flexibility index (Phi) is 3.71. The molecular weight excluding hydrogens is 423 g/mol. The van der Waals surface area contributed by atoms with Crippen molar-refractivity contribution in [2.45, 2.75) is 4.90 Å². The van der Waals surface area contributed by atoms with E-state index >= 15 is 0 Å². The molecule has 2 aromatic carbocycles. The lowest BCUT2D eigenvalue weighted by Crippen LogP contribution is -1.97. The first-order valence-electron chi connectivity index (χ1n) is 6.00. The van der Waals surface area contributed by atoms with E-state index in [0.717, 1.165) is 9.13 Å². The van der Waals surface area contributed by atoms with Crippen molar-refractivity contribution in [3.05, 3.63) is 45.0 Å². The predicted molar refractivity (Wildman–Crippen MR) is 92.4 cm³/mol. The van der Waals surface area contributed by atoms with Gasteiger partial charge in [-0.05, 0) is 46.9 Å². The van der Waals surface area contributed by atoms with Gasteiger partial charge < -0.3 is 4.98 Å². The van der Waals surface area contributed by atoms with Gasteiger partial charge in [-0.25, -0.2) is 13.4 Å². The lowest BCUT2D eigenvalue weighted by Gasteiger charge is -1.99. The Labute approximate surface area is 140 Å². The minimum absolute atomic E-state index is 0.221. The van der Waals surface area contributed by atoms with Crippen molar-refractivity contribution in [2.24, 2.45) is 0 Å². The maximum atomic E-state index is 11.8. The first-order chi connectivity index (χ1) is 9.86. The van der Waals surface area contributed by atoms with Crippen LogP contribution in [0.4, 0.5) is 0 Å². The number of nitrogens with one attached hydrogen (secondary N) is 1. The highest BCUT2D eigenvalue weighted by Gasteiger charge is 2.16. The molecule has 1 aromatic heterocycles. The number of aromatic amines is 1. The van der Waals surface area contributed by atoms with Gasteiger partial charge in [0, 0.05) is 15.4 Å². The molecule has 3 aromatic rings. The topological polar surface area (TPSA) is 62.8 Å². The van der Waals surface area contributed by atoms with Gasteiger partial charge >= 0.3 is 0 Å². The fourth-order valence-electron chi connectivity index (χ4n) is 2.09. The molecule has 1 N–H and O–H groups in total. The third-order valence-electron chi connectivity index (χ3n) is 3.07. The smallest absolute Gasteiger partial charge is 0.177 e. The van der Waals surface area contributed by atoms with Crippen LogP contribution in [0.5, 0.6) is 0 Å². The molecule has 0 bridgehead atoms. The molecule has 0 aliphatic heterocycles. The molecule has 0 radical (unpaired) electrons. The standard InChI is InChI=1S/C14H10ClIN2O2S/c1-21(19,20)12-4-2-3-11-13(12)18-14(17-11)8-5-6-10(16)9(15)7-8/h2-7H,1H3,(H,17,18). The quantitative estimate of drug-likeness (QED) is 0.625. The van der Waals surface area contributed by atoms with Crippen LogP contribution in [0.25, 0.3) is 22.4 Å². The van der Waals surface area contributed by atoms with Crippen molar-refractivity contribution in [3.8, 4) is 11.4 Å². The Morgan fingerprint density at radius 2 is 2.00 bits per heavy atom. The number of halogens is 2.